The largest absolute Gasteiger partial charge is 0.481 e. The molecule has 2 aromatic rings. The number of benzene rings is 1. The standard InChI is InChI=1S/C12H10BrNO5/c1-14-8-3-2-6(4-9(8)19-12(14)18)11(17)7(13)5-10(15)16/h2-4,7H,5H2,1H3,(H,15,16). The van der Waals surface area contributed by atoms with E-state index in [2.05, 4.69) is 15.9 Å². The second-order valence-corrected chi connectivity index (χ2v) is 5.14. The molecule has 1 N–H and O–H groups in total. The molecule has 0 aliphatic carbocycles. The molecular weight excluding hydrogens is 318 g/mol. The first-order valence-corrected chi connectivity index (χ1v) is 6.31. The van der Waals surface area contributed by atoms with Crippen LogP contribution in [0, 0.1) is 0 Å². The summed E-state index contributed by atoms with van der Waals surface area (Å²) in [6, 6.07) is 4.57. The van der Waals surface area contributed by atoms with E-state index in [-0.39, 0.29) is 12.2 Å². The highest BCUT2D eigenvalue weighted by Gasteiger charge is 2.21. The first-order chi connectivity index (χ1) is 8.90. The van der Waals surface area contributed by atoms with Crippen molar-refractivity contribution in [3.63, 3.8) is 0 Å². The SMILES string of the molecule is Cn1c(=O)oc2cc(C(=O)C(Br)CC(=O)O)ccc21. The number of nitrogens with zero attached hydrogens (tertiary/aromatic N) is 1. The number of carboxylic acid groups (broad SMARTS) is 1. The van der Waals surface area contributed by atoms with E-state index in [9.17, 15) is 14.4 Å². The third-order valence-electron chi connectivity index (χ3n) is 2.72. The summed E-state index contributed by atoms with van der Waals surface area (Å²) < 4.78 is 6.30. The van der Waals surface area contributed by atoms with Gasteiger partial charge in [-0.05, 0) is 18.2 Å². The van der Waals surface area contributed by atoms with Crippen LogP contribution in [-0.4, -0.2) is 26.3 Å². The van der Waals surface area contributed by atoms with E-state index in [1.807, 2.05) is 0 Å². The van der Waals surface area contributed by atoms with Gasteiger partial charge in [-0.1, -0.05) is 15.9 Å². The van der Waals surface area contributed by atoms with E-state index in [1.165, 1.54) is 16.7 Å². The second-order valence-electron chi connectivity index (χ2n) is 4.04. The van der Waals surface area contributed by atoms with Crippen LogP contribution in [0.1, 0.15) is 16.8 Å². The number of fused-ring (bicyclic) bond motifs is 1. The molecule has 0 aliphatic rings. The molecule has 0 fully saturated rings. The molecule has 2 rings (SSSR count). The molecule has 0 amide bonds. The number of aromatic nitrogens is 1. The molecule has 1 aromatic heterocycles. The number of rotatable bonds is 4. The second kappa shape index (κ2) is 5.00. The number of aliphatic carboxylic acids is 1. The molecule has 0 bridgehead atoms. The van der Waals surface area contributed by atoms with E-state index in [1.54, 1.807) is 13.1 Å². The molecule has 1 heterocycles. The number of halogens is 1. The number of carbonyl (C=O) groups is 2. The number of carbonyl (C=O) groups excluding carboxylic acids is 1. The Morgan fingerprint density at radius 1 is 1.47 bits per heavy atom. The average molecular weight is 328 g/mol. The molecule has 19 heavy (non-hydrogen) atoms. The lowest BCUT2D eigenvalue weighted by Crippen LogP contribution is -2.18. The van der Waals surface area contributed by atoms with Crippen molar-refractivity contribution in [1.29, 1.82) is 0 Å². The lowest BCUT2D eigenvalue weighted by Gasteiger charge is -2.05. The predicted molar refractivity (Wildman–Crippen MR) is 70.8 cm³/mol. The Labute approximate surface area is 115 Å². The maximum Gasteiger partial charge on any atom is 0.419 e. The van der Waals surface area contributed by atoms with Crippen LogP contribution in [0.5, 0.6) is 0 Å². The van der Waals surface area contributed by atoms with Gasteiger partial charge in [-0.15, -0.1) is 0 Å². The summed E-state index contributed by atoms with van der Waals surface area (Å²) in [6.07, 6.45) is -0.310. The van der Waals surface area contributed by atoms with Gasteiger partial charge in [0, 0.05) is 12.6 Å². The van der Waals surface area contributed by atoms with Gasteiger partial charge in [0.25, 0.3) is 0 Å². The predicted octanol–water partition coefficient (Wildman–Crippen LogP) is 1.55. The zero-order valence-electron chi connectivity index (χ0n) is 9.92. The third kappa shape index (κ3) is 2.60. The van der Waals surface area contributed by atoms with Gasteiger partial charge in [0.1, 0.15) is 0 Å². The number of Topliss-reactive ketones (excluding diaryl/α,β-unsaturated/α-hetero) is 1. The van der Waals surface area contributed by atoms with E-state index < -0.39 is 16.6 Å². The lowest BCUT2D eigenvalue weighted by molar-refractivity contribution is -0.136. The maximum absolute atomic E-state index is 12.0. The third-order valence-corrected chi connectivity index (χ3v) is 3.45. The van der Waals surface area contributed by atoms with Crippen LogP contribution in [0.25, 0.3) is 11.1 Å². The van der Waals surface area contributed by atoms with Gasteiger partial charge in [-0.25, -0.2) is 4.79 Å². The Balaban J connectivity index is 2.38. The quantitative estimate of drug-likeness (QED) is 0.679. The fourth-order valence-electron chi connectivity index (χ4n) is 1.71. The van der Waals surface area contributed by atoms with Crippen LogP contribution >= 0.6 is 15.9 Å². The number of hydrogen-bond donors (Lipinski definition) is 1. The molecule has 0 radical (unpaired) electrons. The first kappa shape index (κ1) is 13.5. The summed E-state index contributed by atoms with van der Waals surface area (Å²) in [5, 5.41) is 8.65. The fourth-order valence-corrected chi connectivity index (χ4v) is 2.26. The molecular formula is C12H10BrNO5. The molecule has 100 valence electrons. The fraction of sp³-hybridized carbons (Fsp3) is 0.250. The van der Waals surface area contributed by atoms with Crippen molar-refractivity contribution in [3.8, 4) is 0 Å². The van der Waals surface area contributed by atoms with Crippen LogP contribution in [-0.2, 0) is 11.8 Å². The van der Waals surface area contributed by atoms with Crippen LogP contribution in [0.4, 0.5) is 0 Å². The normalized spacial score (nSPS) is 12.5. The van der Waals surface area contributed by atoms with Crippen LogP contribution in [0.3, 0.4) is 0 Å². The monoisotopic (exact) mass is 327 g/mol. The number of oxazole rings is 1. The van der Waals surface area contributed by atoms with Crippen molar-refractivity contribution in [2.75, 3.05) is 0 Å². The van der Waals surface area contributed by atoms with Gasteiger partial charge in [-0.3, -0.25) is 14.2 Å². The Bertz CT molecular complexity index is 714. The number of aryl methyl sites for hydroxylation is 1. The van der Waals surface area contributed by atoms with Gasteiger partial charge in [-0.2, -0.15) is 0 Å². The van der Waals surface area contributed by atoms with E-state index in [4.69, 9.17) is 9.52 Å². The van der Waals surface area contributed by atoms with E-state index in [0.29, 0.717) is 16.7 Å². The van der Waals surface area contributed by atoms with Crippen LogP contribution in [0.2, 0.25) is 0 Å². The number of hydrogen-bond acceptors (Lipinski definition) is 4. The van der Waals surface area contributed by atoms with Crippen molar-refractivity contribution in [3.05, 3.63) is 34.3 Å². The van der Waals surface area contributed by atoms with E-state index >= 15 is 0 Å². The van der Waals surface area contributed by atoms with Crippen molar-refractivity contribution in [2.24, 2.45) is 7.05 Å². The number of alkyl halides is 1. The van der Waals surface area contributed by atoms with Crippen molar-refractivity contribution < 1.29 is 19.1 Å². The van der Waals surface area contributed by atoms with E-state index in [0.717, 1.165) is 0 Å². The molecule has 0 saturated carbocycles. The van der Waals surface area contributed by atoms with Crippen molar-refractivity contribution in [1.82, 2.24) is 4.57 Å². The molecule has 1 aromatic carbocycles. The van der Waals surface area contributed by atoms with Gasteiger partial charge in [0.2, 0.25) is 0 Å². The first-order valence-electron chi connectivity index (χ1n) is 5.40. The highest BCUT2D eigenvalue weighted by atomic mass is 79.9. The summed E-state index contributed by atoms with van der Waals surface area (Å²) in [6.45, 7) is 0. The number of carboxylic acids is 1. The van der Waals surface area contributed by atoms with Gasteiger partial charge >= 0.3 is 11.7 Å². The minimum atomic E-state index is -1.07. The maximum atomic E-state index is 12.0. The van der Waals surface area contributed by atoms with Gasteiger partial charge < -0.3 is 9.52 Å². The molecule has 7 heteroatoms. The molecule has 6 nitrogen and oxygen atoms in total. The average Bonchev–Trinajstić information content (AvgIpc) is 2.63. The Kier molecular flexibility index (Phi) is 3.57. The minimum absolute atomic E-state index is 0.296. The molecule has 1 unspecified atom stereocenters. The summed E-state index contributed by atoms with van der Waals surface area (Å²) in [5.41, 5.74) is 1.17. The van der Waals surface area contributed by atoms with Crippen LogP contribution < -0.4 is 5.76 Å². The zero-order chi connectivity index (χ0) is 14.2. The van der Waals surface area contributed by atoms with Crippen LogP contribution in [0.15, 0.2) is 27.4 Å². The highest BCUT2D eigenvalue weighted by Crippen LogP contribution is 2.19. The number of ketones is 1. The molecule has 1 atom stereocenters. The Morgan fingerprint density at radius 3 is 2.79 bits per heavy atom. The minimum Gasteiger partial charge on any atom is -0.481 e. The smallest absolute Gasteiger partial charge is 0.419 e. The van der Waals surface area contributed by atoms with Gasteiger partial charge in [0.15, 0.2) is 11.4 Å². The summed E-state index contributed by atoms with van der Waals surface area (Å²) in [4.78, 5) is 33.1. The summed E-state index contributed by atoms with van der Waals surface area (Å²) >= 11 is 3.04. The Morgan fingerprint density at radius 2 is 2.16 bits per heavy atom. The molecule has 0 spiro atoms. The molecule has 0 aliphatic heterocycles. The van der Waals surface area contributed by atoms with Gasteiger partial charge in [0.05, 0.1) is 16.8 Å². The summed E-state index contributed by atoms with van der Waals surface area (Å²) in [5.74, 6) is -1.95. The highest BCUT2D eigenvalue weighted by molar-refractivity contribution is 9.10. The van der Waals surface area contributed by atoms with Crippen molar-refractivity contribution >= 4 is 38.8 Å². The topological polar surface area (TPSA) is 89.5 Å². The van der Waals surface area contributed by atoms with Crippen molar-refractivity contribution in [2.45, 2.75) is 11.2 Å². The lowest BCUT2D eigenvalue weighted by atomic mass is 10.1. The molecule has 0 saturated heterocycles. The Hall–Kier alpha value is -1.89. The summed E-state index contributed by atoms with van der Waals surface area (Å²) in [7, 11) is 1.56. The zero-order valence-corrected chi connectivity index (χ0v) is 11.5.